The monoisotopic (exact) mass is 291 g/mol. The Morgan fingerprint density at radius 3 is 2.80 bits per heavy atom. The van der Waals surface area contributed by atoms with Crippen molar-refractivity contribution in [3.05, 3.63) is 39.8 Å². The molecule has 3 rings (SSSR count). The average Bonchev–Trinajstić information content (AvgIpc) is 2.76. The molecule has 0 bridgehead atoms. The van der Waals surface area contributed by atoms with Crippen LogP contribution in [0.5, 0.6) is 11.5 Å². The smallest absolute Gasteiger partial charge is 0.161 e. The molecule has 4 nitrogen and oxygen atoms in total. The normalized spacial score (nSPS) is 18.9. The Labute approximate surface area is 122 Å². The highest BCUT2D eigenvalue weighted by molar-refractivity contribution is 7.11. The summed E-state index contributed by atoms with van der Waals surface area (Å²) in [5.41, 5.74) is 1.03. The number of benzene rings is 1. The average molecular weight is 291 g/mol. The first-order valence-electron chi connectivity index (χ1n) is 6.63. The summed E-state index contributed by atoms with van der Waals surface area (Å²) in [5, 5.41) is 11.3. The van der Waals surface area contributed by atoms with E-state index in [9.17, 15) is 5.11 Å². The molecule has 20 heavy (non-hydrogen) atoms. The minimum absolute atomic E-state index is 0.352. The summed E-state index contributed by atoms with van der Waals surface area (Å²) in [5.74, 6) is 1.42. The van der Waals surface area contributed by atoms with Gasteiger partial charge in [0.1, 0.15) is 12.7 Å². The minimum Gasteiger partial charge on any atom is -0.486 e. The van der Waals surface area contributed by atoms with Gasteiger partial charge < -0.3 is 14.6 Å². The Morgan fingerprint density at radius 2 is 2.10 bits per heavy atom. The third-order valence-corrected chi connectivity index (χ3v) is 4.51. The number of thiazole rings is 1. The highest BCUT2D eigenvalue weighted by Gasteiger charge is 2.28. The Morgan fingerprint density at radius 1 is 1.35 bits per heavy atom. The van der Waals surface area contributed by atoms with Crippen molar-refractivity contribution < 1.29 is 14.6 Å². The number of hydrogen-bond acceptors (Lipinski definition) is 5. The number of aromatic nitrogens is 1. The number of aliphatic hydroxyl groups excluding tert-OH is 1. The van der Waals surface area contributed by atoms with Crippen LogP contribution in [0.1, 0.15) is 15.6 Å². The van der Waals surface area contributed by atoms with Crippen LogP contribution in [-0.2, 0) is 6.42 Å². The van der Waals surface area contributed by atoms with Crippen LogP contribution >= 0.6 is 11.3 Å². The molecule has 1 aliphatic rings. The van der Waals surface area contributed by atoms with Crippen molar-refractivity contribution in [3.8, 4) is 11.5 Å². The Balaban J connectivity index is 1.68. The van der Waals surface area contributed by atoms with E-state index < -0.39 is 6.10 Å². The van der Waals surface area contributed by atoms with E-state index in [1.54, 1.807) is 11.3 Å². The van der Waals surface area contributed by atoms with Gasteiger partial charge in [-0.25, -0.2) is 4.98 Å². The molecule has 0 fully saturated rings. The van der Waals surface area contributed by atoms with Gasteiger partial charge in [0.15, 0.2) is 17.6 Å². The van der Waals surface area contributed by atoms with Crippen LogP contribution < -0.4 is 9.47 Å². The lowest BCUT2D eigenvalue weighted by molar-refractivity contribution is -0.00943. The second-order valence-electron chi connectivity index (χ2n) is 4.93. The largest absolute Gasteiger partial charge is 0.486 e. The van der Waals surface area contributed by atoms with Crippen LogP contribution in [0.4, 0.5) is 0 Å². The zero-order valence-corrected chi connectivity index (χ0v) is 12.3. The lowest BCUT2D eigenvalue weighted by Crippen LogP contribution is -2.40. The first-order valence-corrected chi connectivity index (χ1v) is 7.44. The number of aryl methyl sites for hydroxylation is 2. The van der Waals surface area contributed by atoms with E-state index in [4.69, 9.17) is 9.47 Å². The summed E-state index contributed by atoms with van der Waals surface area (Å²) in [6.07, 6.45) is -0.474. The van der Waals surface area contributed by atoms with Crippen molar-refractivity contribution in [2.24, 2.45) is 0 Å². The van der Waals surface area contributed by atoms with E-state index in [1.165, 1.54) is 4.88 Å². The van der Waals surface area contributed by atoms with Crippen LogP contribution in [0.2, 0.25) is 0 Å². The molecule has 0 aliphatic carbocycles. The van der Waals surface area contributed by atoms with E-state index in [0.29, 0.717) is 18.8 Å². The summed E-state index contributed by atoms with van der Waals surface area (Å²) >= 11 is 1.62. The van der Waals surface area contributed by atoms with Gasteiger partial charge in [-0.2, -0.15) is 0 Å². The molecule has 106 valence electrons. The fraction of sp³-hybridized carbons (Fsp3) is 0.400. The molecule has 0 saturated carbocycles. The molecule has 0 amide bonds. The quantitative estimate of drug-likeness (QED) is 0.944. The maximum atomic E-state index is 10.3. The van der Waals surface area contributed by atoms with Crippen LogP contribution in [0.25, 0.3) is 0 Å². The summed E-state index contributed by atoms with van der Waals surface area (Å²) < 4.78 is 11.4. The van der Waals surface area contributed by atoms with Crippen molar-refractivity contribution in [1.29, 1.82) is 0 Å². The van der Waals surface area contributed by atoms with Gasteiger partial charge in [0.05, 0.1) is 10.7 Å². The van der Waals surface area contributed by atoms with Crippen molar-refractivity contribution in [2.45, 2.75) is 32.5 Å². The molecule has 2 heterocycles. The van der Waals surface area contributed by atoms with Crippen LogP contribution in [0.3, 0.4) is 0 Å². The van der Waals surface area contributed by atoms with Crippen LogP contribution in [-0.4, -0.2) is 28.9 Å². The first kappa shape index (κ1) is 13.4. The summed E-state index contributed by atoms with van der Waals surface area (Å²) in [7, 11) is 0. The minimum atomic E-state index is -0.617. The SMILES string of the molecule is Cc1nc(CC(O)C2COc3ccccc3O2)sc1C. The van der Waals surface area contributed by atoms with Crippen molar-refractivity contribution in [3.63, 3.8) is 0 Å². The van der Waals surface area contributed by atoms with E-state index in [-0.39, 0.29) is 6.10 Å². The van der Waals surface area contributed by atoms with Crippen molar-refractivity contribution >= 4 is 11.3 Å². The molecule has 1 aromatic heterocycles. The van der Waals surface area contributed by atoms with E-state index in [1.807, 2.05) is 38.1 Å². The fourth-order valence-electron chi connectivity index (χ4n) is 2.16. The molecule has 1 N–H and O–H groups in total. The third kappa shape index (κ3) is 2.64. The molecule has 1 aliphatic heterocycles. The summed E-state index contributed by atoms with van der Waals surface area (Å²) in [6, 6.07) is 7.52. The summed E-state index contributed by atoms with van der Waals surface area (Å²) in [4.78, 5) is 5.64. The Kier molecular flexibility index (Phi) is 3.63. The van der Waals surface area contributed by atoms with Crippen molar-refractivity contribution in [2.75, 3.05) is 6.61 Å². The van der Waals surface area contributed by atoms with Gasteiger partial charge in [0.25, 0.3) is 0 Å². The molecule has 2 unspecified atom stereocenters. The zero-order valence-electron chi connectivity index (χ0n) is 11.5. The molecular weight excluding hydrogens is 274 g/mol. The van der Waals surface area contributed by atoms with Gasteiger partial charge in [-0.05, 0) is 26.0 Å². The molecule has 2 aromatic rings. The molecule has 0 spiro atoms. The molecule has 0 saturated heterocycles. The first-order chi connectivity index (χ1) is 9.63. The second-order valence-corrected chi connectivity index (χ2v) is 6.22. The van der Waals surface area contributed by atoms with Gasteiger partial charge >= 0.3 is 0 Å². The lowest BCUT2D eigenvalue weighted by atomic mass is 10.1. The van der Waals surface area contributed by atoms with Gasteiger partial charge in [0.2, 0.25) is 0 Å². The Bertz CT molecular complexity index is 591. The van der Waals surface area contributed by atoms with Gasteiger partial charge in [0, 0.05) is 11.3 Å². The second kappa shape index (κ2) is 5.42. The Hall–Kier alpha value is -1.59. The number of rotatable bonds is 3. The van der Waals surface area contributed by atoms with E-state index >= 15 is 0 Å². The molecule has 0 radical (unpaired) electrons. The summed E-state index contributed by atoms with van der Waals surface area (Å²) in [6.45, 7) is 4.39. The van der Waals surface area contributed by atoms with Gasteiger partial charge in [-0.1, -0.05) is 12.1 Å². The van der Waals surface area contributed by atoms with Gasteiger partial charge in [-0.15, -0.1) is 11.3 Å². The highest BCUT2D eigenvalue weighted by atomic mass is 32.1. The topological polar surface area (TPSA) is 51.6 Å². The lowest BCUT2D eigenvalue weighted by Gasteiger charge is -2.29. The predicted molar refractivity (Wildman–Crippen MR) is 77.7 cm³/mol. The molecular formula is C15H17NO3S. The van der Waals surface area contributed by atoms with Gasteiger partial charge in [-0.3, -0.25) is 0 Å². The number of nitrogens with zero attached hydrogens (tertiary/aromatic N) is 1. The van der Waals surface area contributed by atoms with Crippen LogP contribution in [0, 0.1) is 13.8 Å². The third-order valence-electron chi connectivity index (χ3n) is 3.42. The highest BCUT2D eigenvalue weighted by Crippen LogP contribution is 2.32. The number of para-hydroxylation sites is 2. The maximum absolute atomic E-state index is 10.3. The maximum Gasteiger partial charge on any atom is 0.161 e. The molecule has 2 atom stereocenters. The van der Waals surface area contributed by atoms with E-state index in [2.05, 4.69) is 4.98 Å². The number of hydrogen-bond donors (Lipinski definition) is 1. The predicted octanol–water partition coefficient (Wildman–Crippen LogP) is 2.50. The standard InChI is InChI=1S/C15H17NO3S/c1-9-10(2)20-15(16-9)7-11(17)14-8-18-12-5-3-4-6-13(12)19-14/h3-6,11,14,17H,7-8H2,1-2H3. The molecule has 5 heteroatoms. The fourth-order valence-corrected chi connectivity index (χ4v) is 3.15. The number of fused-ring (bicyclic) bond motifs is 1. The zero-order chi connectivity index (χ0) is 14.1. The van der Waals surface area contributed by atoms with Crippen molar-refractivity contribution in [1.82, 2.24) is 4.98 Å². The number of aliphatic hydroxyl groups is 1. The van der Waals surface area contributed by atoms with E-state index in [0.717, 1.165) is 16.5 Å². The number of ether oxygens (including phenoxy) is 2. The van der Waals surface area contributed by atoms with Crippen LogP contribution in [0.15, 0.2) is 24.3 Å². The molecule has 1 aromatic carbocycles.